The molecule has 1 aliphatic heterocycles. The van der Waals surface area contributed by atoms with Crippen LogP contribution < -0.4 is 20.7 Å². The highest BCUT2D eigenvalue weighted by Crippen LogP contribution is 2.47. The number of alkyl halides is 3. The molecule has 37 heavy (non-hydrogen) atoms. The van der Waals surface area contributed by atoms with Crippen molar-refractivity contribution in [3.05, 3.63) is 53.9 Å². The average Bonchev–Trinajstić information content (AvgIpc) is 3.37. The monoisotopic (exact) mass is 529 g/mol. The van der Waals surface area contributed by atoms with Gasteiger partial charge in [-0.05, 0) is 18.2 Å². The number of hydrogen-bond donors (Lipinski definition) is 2. The molecular formula is C24H22F3N7O2S. The number of nitrogen functional groups attached to an aromatic ring is 1. The number of nitrogens with zero attached hydrogens (tertiary/aromatic N) is 5. The first kappa shape index (κ1) is 24.7. The highest BCUT2D eigenvalue weighted by atomic mass is 32.1. The number of halogens is 3. The third-order valence-electron chi connectivity index (χ3n) is 5.82. The van der Waals surface area contributed by atoms with E-state index in [-0.39, 0.29) is 22.9 Å². The molecule has 13 heteroatoms. The van der Waals surface area contributed by atoms with Crippen molar-refractivity contribution in [1.29, 1.82) is 0 Å². The van der Waals surface area contributed by atoms with Gasteiger partial charge in [0.1, 0.15) is 16.4 Å². The number of morpholine rings is 1. The fourth-order valence-corrected chi connectivity index (χ4v) is 4.77. The molecule has 3 N–H and O–H groups in total. The van der Waals surface area contributed by atoms with E-state index in [9.17, 15) is 13.2 Å². The van der Waals surface area contributed by atoms with Gasteiger partial charge in [-0.25, -0.2) is 19.9 Å². The van der Waals surface area contributed by atoms with Gasteiger partial charge in [0.15, 0.2) is 11.6 Å². The van der Waals surface area contributed by atoms with Crippen molar-refractivity contribution in [2.24, 2.45) is 0 Å². The van der Waals surface area contributed by atoms with Crippen LogP contribution in [0.25, 0.3) is 21.8 Å². The first-order chi connectivity index (χ1) is 17.9. The first-order valence-electron chi connectivity index (χ1n) is 11.2. The van der Waals surface area contributed by atoms with Crippen LogP contribution in [0.2, 0.25) is 0 Å². The number of hydrogen-bond acceptors (Lipinski definition) is 10. The Morgan fingerprint density at radius 2 is 1.86 bits per heavy atom. The zero-order valence-electron chi connectivity index (χ0n) is 19.6. The topological polar surface area (TPSA) is 111 Å². The molecule has 3 aromatic heterocycles. The summed E-state index contributed by atoms with van der Waals surface area (Å²) >= 11 is 1.20. The first-order valence-corrected chi connectivity index (χ1v) is 12.1. The molecule has 0 bridgehead atoms. The fourth-order valence-electron chi connectivity index (χ4n) is 4.08. The lowest BCUT2D eigenvalue weighted by molar-refractivity contribution is -0.137. The Bertz CT molecular complexity index is 1390. The molecule has 192 valence electrons. The van der Waals surface area contributed by atoms with Gasteiger partial charge in [-0.2, -0.15) is 13.2 Å². The van der Waals surface area contributed by atoms with Crippen molar-refractivity contribution < 1.29 is 22.6 Å². The molecule has 0 spiro atoms. The maximum atomic E-state index is 14.2. The quantitative estimate of drug-likeness (QED) is 0.362. The Morgan fingerprint density at radius 3 is 2.57 bits per heavy atom. The molecule has 0 saturated carbocycles. The van der Waals surface area contributed by atoms with Crippen LogP contribution in [0.15, 0.2) is 48.4 Å². The second-order valence-corrected chi connectivity index (χ2v) is 8.87. The van der Waals surface area contributed by atoms with Gasteiger partial charge in [0.2, 0.25) is 0 Å². The number of nitrogens with one attached hydrogen (secondary N) is 1. The van der Waals surface area contributed by atoms with E-state index in [1.165, 1.54) is 24.0 Å². The molecule has 1 fully saturated rings. The number of benzene rings is 1. The summed E-state index contributed by atoms with van der Waals surface area (Å²) < 4.78 is 53.6. The summed E-state index contributed by atoms with van der Waals surface area (Å²) in [7, 11) is 1.46. The van der Waals surface area contributed by atoms with Gasteiger partial charge < -0.3 is 25.4 Å². The van der Waals surface area contributed by atoms with Crippen LogP contribution in [-0.2, 0) is 10.9 Å². The molecule has 1 aliphatic rings. The van der Waals surface area contributed by atoms with Crippen molar-refractivity contribution in [2.75, 3.05) is 49.4 Å². The van der Waals surface area contributed by atoms with Crippen LogP contribution in [0.4, 0.5) is 36.2 Å². The van der Waals surface area contributed by atoms with Crippen molar-refractivity contribution in [3.8, 4) is 27.6 Å². The van der Waals surface area contributed by atoms with E-state index in [0.29, 0.717) is 54.5 Å². The summed E-state index contributed by atoms with van der Waals surface area (Å²) in [6.07, 6.45) is -0.924. The number of nitrogens with two attached hydrogens (primary N) is 1. The van der Waals surface area contributed by atoms with Crippen LogP contribution in [-0.4, -0.2) is 53.3 Å². The van der Waals surface area contributed by atoms with E-state index in [0.717, 1.165) is 5.69 Å². The lowest BCUT2D eigenvalue weighted by Crippen LogP contribution is -2.36. The smallest absolute Gasteiger partial charge is 0.419 e. The minimum Gasteiger partial charge on any atom is -0.496 e. The standard InChI is InChI=1S/C24H22F3N7O2S/c1-35-17-11-14(34-7-9-36-10-8-34)3-4-15(17)18-19(16(24(25,26)27)12-31-21(18)28)33-23-20(37-13-32-23)22-29-5-2-6-30-22/h2-6,11-13H,7-10H2,1H3,(H3,28,31,33). The predicted molar refractivity (Wildman–Crippen MR) is 135 cm³/mol. The molecule has 4 heterocycles. The Labute approximate surface area is 214 Å². The highest BCUT2D eigenvalue weighted by molar-refractivity contribution is 7.13. The van der Waals surface area contributed by atoms with Gasteiger partial charge >= 0.3 is 6.18 Å². The van der Waals surface area contributed by atoms with Gasteiger partial charge in [0.25, 0.3) is 0 Å². The molecule has 0 atom stereocenters. The van der Waals surface area contributed by atoms with Gasteiger partial charge in [0.05, 0.1) is 42.6 Å². The number of aromatic nitrogens is 4. The lowest BCUT2D eigenvalue weighted by Gasteiger charge is -2.29. The van der Waals surface area contributed by atoms with Gasteiger partial charge in [-0.3, -0.25) is 0 Å². The predicted octanol–water partition coefficient (Wildman–Crippen LogP) is 4.85. The average molecular weight is 530 g/mol. The van der Waals surface area contributed by atoms with Crippen molar-refractivity contribution in [1.82, 2.24) is 19.9 Å². The van der Waals surface area contributed by atoms with E-state index in [4.69, 9.17) is 15.2 Å². The Kier molecular flexibility index (Phi) is 6.80. The molecule has 0 radical (unpaired) electrons. The molecule has 0 unspecified atom stereocenters. The summed E-state index contributed by atoms with van der Waals surface area (Å²) in [6, 6.07) is 6.92. The molecule has 0 amide bonds. The SMILES string of the molecule is COc1cc(N2CCOCC2)ccc1-c1c(N)ncc(C(F)(F)F)c1Nc1ncsc1-c1ncccn1. The number of methoxy groups -OCH3 is 1. The maximum Gasteiger partial charge on any atom is 0.419 e. The van der Waals surface area contributed by atoms with Crippen LogP contribution in [0.5, 0.6) is 5.75 Å². The van der Waals surface area contributed by atoms with E-state index in [1.54, 1.807) is 30.6 Å². The minimum atomic E-state index is -4.72. The summed E-state index contributed by atoms with van der Waals surface area (Å²) in [6.45, 7) is 2.56. The van der Waals surface area contributed by atoms with Gasteiger partial charge in [-0.15, -0.1) is 11.3 Å². The zero-order chi connectivity index (χ0) is 26.0. The summed E-state index contributed by atoms with van der Waals surface area (Å²) in [5, 5.41) is 2.86. The van der Waals surface area contributed by atoms with Gasteiger partial charge in [0, 0.05) is 49.0 Å². The van der Waals surface area contributed by atoms with Crippen molar-refractivity contribution >= 4 is 34.3 Å². The summed E-state index contributed by atoms with van der Waals surface area (Å²) in [5.74, 6) is 0.750. The second kappa shape index (κ2) is 10.2. The number of thiazole rings is 1. The fraction of sp³-hybridized carbons (Fsp3) is 0.250. The van der Waals surface area contributed by atoms with E-state index >= 15 is 0 Å². The Balaban J connectivity index is 1.65. The third-order valence-corrected chi connectivity index (χ3v) is 6.65. The van der Waals surface area contributed by atoms with Crippen molar-refractivity contribution in [2.45, 2.75) is 6.18 Å². The Morgan fingerprint density at radius 1 is 1.11 bits per heavy atom. The third kappa shape index (κ3) is 5.00. The van der Waals surface area contributed by atoms with E-state index in [1.807, 2.05) is 6.07 Å². The molecule has 1 saturated heterocycles. The molecule has 4 aromatic rings. The second-order valence-electron chi connectivity index (χ2n) is 8.02. The number of ether oxygens (including phenoxy) is 2. The molecule has 5 rings (SSSR count). The van der Waals surface area contributed by atoms with Crippen molar-refractivity contribution in [3.63, 3.8) is 0 Å². The van der Waals surface area contributed by atoms with E-state index < -0.39 is 11.7 Å². The van der Waals surface area contributed by atoms with Crippen LogP contribution >= 0.6 is 11.3 Å². The van der Waals surface area contributed by atoms with E-state index in [2.05, 4.69) is 30.2 Å². The number of rotatable bonds is 6. The normalized spacial score (nSPS) is 14.0. The largest absolute Gasteiger partial charge is 0.496 e. The summed E-state index contributed by atoms with van der Waals surface area (Å²) in [5.41, 5.74) is 7.68. The molecule has 9 nitrogen and oxygen atoms in total. The lowest BCUT2D eigenvalue weighted by atomic mass is 9.99. The summed E-state index contributed by atoms with van der Waals surface area (Å²) in [4.78, 5) is 19.1. The van der Waals surface area contributed by atoms with Crippen LogP contribution in [0, 0.1) is 0 Å². The molecule has 1 aromatic carbocycles. The van der Waals surface area contributed by atoms with Crippen LogP contribution in [0.3, 0.4) is 0 Å². The van der Waals surface area contributed by atoms with Crippen LogP contribution in [0.1, 0.15) is 5.56 Å². The molecular weight excluding hydrogens is 507 g/mol. The zero-order valence-corrected chi connectivity index (χ0v) is 20.4. The number of anilines is 4. The molecule has 0 aliphatic carbocycles. The minimum absolute atomic E-state index is 0.0492. The maximum absolute atomic E-state index is 14.2. The highest BCUT2D eigenvalue weighted by Gasteiger charge is 2.37. The Hall–Kier alpha value is -3.97. The van der Waals surface area contributed by atoms with Gasteiger partial charge in [-0.1, -0.05) is 0 Å². The number of pyridine rings is 1.